The Balaban J connectivity index is 0.000000270. The lowest BCUT2D eigenvalue weighted by molar-refractivity contribution is 0.415. The highest BCUT2D eigenvalue weighted by atomic mass is 32.1. The summed E-state index contributed by atoms with van der Waals surface area (Å²) in [4.78, 5) is 0. The fourth-order valence-electron chi connectivity index (χ4n) is 3.51. The molecule has 0 fully saturated rings. The number of hydrogen-bond acceptors (Lipinski definition) is 11. The number of rotatable bonds is 7. The van der Waals surface area contributed by atoms with Crippen molar-refractivity contribution in [3.05, 3.63) is 78.6 Å². The number of nitrogens with one attached hydrogen (secondary N) is 1. The van der Waals surface area contributed by atoms with Crippen LogP contribution in [0.1, 0.15) is 33.3 Å². The van der Waals surface area contributed by atoms with Crippen LogP contribution in [0.15, 0.2) is 93.5 Å². The number of fused-ring (bicyclic) bond motifs is 1. The van der Waals surface area contributed by atoms with Crippen molar-refractivity contribution in [1.29, 1.82) is 0 Å². The number of ether oxygens (including phenoxy) is 2. The smallest absolute Gasteiger partial charge is 0.158 e. The van der Waals surface area contributed by atoms with E-state index >= 15 is 0 Å². The molecule has 11 heteroatoms. The first-order valence-electron chi connectivity index (χ1n) is 13.2. The van der Waals surface area contributed by atoms with Crippen molar-refractivity contribution < 1.29 is 9.47 Å². The highest BCUT2D eigenvalue weighted by Gasteiger charge is 2.13. The van der Waals surface area contributed by atoms with Crippen molar-refractivity contribution in [2.45, 2.75) is 34.6 Å². The Labute approximate surface area is 250 Å². The summed E-state index contributed by atoms with van der Waals surface area (Å²) in [5, 5.41) is 23.6. The zero-order valence-electron chi connectivity index (χ0n) is 24.7. The number of aryl methyl sites for hydroxylation is 1. The number of anilines is 1. The summed E-state index contributed by atoms with van der Waals surface area (Å²) < 4.78 is 18.6. The van der Waals surface area contributed by atoms with Crippen LogP contribution in [0.25, 0.3) is 10.8 Å². The molecule has 216 valence electrons. The van der Waals surface area contributed by atoms with Gasteiger partial charge in [0.2, 0.25) is 0 Å². The molecule has 0 unspecified atom stereocenters. The van der Waals surface area contributed by atoms with Crippen LogP contribution in [0.4, 0.5) is 27.1 Å². The van der Waals surface area contributed by atoms with E-state index in [-0.39, 0.29) is 0 Å². The Morgan fingerprint density at radius 2 is 1.34 bits per heavy atom. The van der Waals surface area contributed by atoms with Gasteiger partial charge in [0.05, 0.1) is 25.6 Å². The first kappa shape index (κ1) is 33.0. The summed E-state index contributed by atoms with van der Waals surface area (Å²) in [5.74, 6) is 1.68. The zero-order valence-corrected chi connectivity index (χ0v) is 26.4. The number of hydrogen-bond donors (Lipinski definition) is 1. The summed E-state index contributed by atoms with van der Waals surface area (Å²) in [7, 11) is 5.21. The predicted octanol–water partition coefficient (Wildman–Crippen LogP) is 10.7. The fourth-order valence-corrected chi connectivity index (χ4v) is 4.37. The molecule has 0 aliphatic carbocycles. The first-order chi connectivity index (χ1) is 20.1. The van der Waals surface area contributed by atoms with Crippen LogP contribution >= 0.6 is 23.1 Å². The van der Waals surface area contributed by atoms with Gasteiger partial charge in [-0.1, -0.05) is 39.8 Å². The van der Waals surface area contributed by atoms with E-state index in [1.165, 1.54) is 23.1 Å². The van der Waals surface area contributed by atoms with E-state index in [0.717, 1.165) is 54.9 Å². The van der Waals surface area contributed by atoms with Crippen molar-refractivity contribution in [3.8, 4) is 11.5 Å². The fraction of sp³-hybridized carbons (Fsp3) is 0.267. The first-order valence-corrected chi connectivity index (χ1v) is 14.7. The average Bonchev–Trinajstić information content (AvgIpc) is 3.76. The van der Waals surface area contributed by atoms with Crippen LogP contribution in [0.2, 0.25) is 0 Å². The van der Waals surface area contributed by atoms with Crippen LogP contribution in [0.5, 0.6) is 11.5 Å². The average molecular weight is 592 g/mol. The van der Waals surface area contributed by atoms with E-state index in [2.05, 4.69) is 34.5 Å². The molecular formula is C30H37N7O2S2. The minimum Gasteiger partial charge on any atom is -0.497 e. The molecule has 2 heterocycles. The lowest BCUT2D eigenvalue weighted by atomic mass is 10.0. The maximum atomic E-state index is 5.56. The predicted molar refractivity (Wildman–Crippen MR) is 173 cm³/mol. The Bertz CT molecular complexity index is 1490. The number of aromatic nitrogens is 2. The molecule has 3 aromatic carbocycles. The SMILES string of the molecule is CC.CC.CNc1cccc2c(OC)c(C)cc(N=Nc3ccns3)c12.COc1ccc(N=Nc2ccns2)cc1. The normalized spacial score (nSPS) is 10.2. The molecule has 0 aliphatic heterocycles. The Hall–Kier alpha value is -4.22. The van der Waals surface area contributed by atoms with Gasteiger partial charge in [0.25, 0.3) is 0 Å². The van der Waals surface area contributed by atoms with Crippen molar-refractivity contribution in [3.63, 3.8) is 0 Å². The van der Waals surface area contributed by atoms with E-state index in [1.807, 2.05) is 102 Å². The molecule has 5 rings (SSSR count). The number of azo groups is 2. The molecule has 0 radical (unpaired) electrons. The largest absolute Gasteiger partial charge is 0.497 e. The van der Waals surface area contributed by atoms with Gasteiger partial charge in [0.1, 0.15) is 11.5 Å². The molecular weight excluding hydrogens is 555 g/mol. The number of benzene rings is 3. The summed E-state index contributed by atoms with van der Waals surface area (Å²) in [6.07, 6.45) is 3.42. The Morgan fingerprint density at radius 3 is 1.85 bits per heavy atom. The Morgan fingerprint density at radius 1 is 0.732 bits per heavy atom. The summed E-state index contributed by atoms with van der Waals surface area (Å²) >= 11 is 2.63. The van der Waals surface area contributed by atoms with Crippen LogP contribution < -0.4 is 14.8 Å². The van der Waals surface area contributed by atoms with E-state index in [4.69, 9.17) is 9.47 Å². The second kappa shape index (κ2) is 18.2. The van der Waals surface area contributed by atoms with E-state index in [0.29, 0.717) is 0 Å². The standard InChI is InChI=1S/C16H16N4OS.C10H9N3OS.2C2H6/c1-10-9-13(19-20-14-7-8-18-22-14)15-11(16(10)21-3)5-4-6-12(15)17-2;1-14-9-4-2-8(3-5-9)12-13-10-6-7-11-15-10;2*1-2/h4-9,17H,1-3H3;2-7H,1H3;2*1-2H3. The van der Waals surface area contributed by atoms with Crippen LogP contribution in [0.3, 0.4) is 0 Å². The number of nitrogens with zero attached hydrogens (tertiary/aromatic N) is 6. The van der Waals surface area contributed by atoms with Gasteiger partial charge in [-0.2, -0.15) is 8.75 Å². The highest BCUT2D eigenvalue weighted by molar-refractivity contribution is 7.10. The minimum absolute atomic E-state index is 0.781. The molecule has 0 saturated heterocycles. The van der Waals surface area contributed by atoms with Gasteiger partial charge in [-0.15, -0.1) is 20.5 Å². The molecule has 0 saturated carbocycles. The third kappa shape index (κ3) is 9.44. The third-order valence-corrected chi connectivity index (χ3v) is 6.46. The van der Waals surface area contributed by atoms with Crippen LogP contribution in [-0.4, -0.2) is 30.0 Å². The summed E-state index contributed by atoms with van der Waals surface area (Å²) in [6.45, 7) is 10.0. The molecule has 1 N–H and O–H groups in total. The molecule has 0 spiro atoms. The van der Waals surface area contributed by atoms with Crippen LogP contribution in [0, 0.1) is 6.92 Å². The molecule has 0 atom stereocenters. The van der Waals surface area contributed by atoms with Crippen LogP contribution in [-0.2, 0) is 0 Å². The monoisotopic (exact) mass is 591 g/mol. The lowest BCUT2D eigenvalue weighted by Crippen LogP contribution is -1.93. The van der Waals surface area contributed by atoms with Crippen molar-refractivity contribution in [2.24, 2.45) is 20.5 Å². The maximum Gasteiger partial charge on any atom is 0.158 e. The summed E-state index contributed by atoms with van der Waals surface area (Å²) in [6, 6.07) is 19.1. The van der Waals surface area contributed by atoms with Gasteiger partial charge in [-0.25, -0.2) is 0 Å². The lowest BCUT2D eigenvalue weighted by Gasteiger charge is -2.14. The van der Waals surface area contributed by atoms with Gasteiger partial charge >= 0.3 is 0 Å². The second-order valence-corrected chi connectivity index (χ2v) is 9.15. The van der Waals surface area contributed by atoms with E-state index < -0.39 is 0 Å². The van der Waals surface area contributed by atoms with Gasteiger partial charge in [-0.05, 0) is 84.1 Å². The third-order valence-electron chi connectivity index (χ3n) is 5.19. The van der Waals surface area contributed by atoms with E-state index in [1.54, 1.807) is 26.6 Å². The Kier molecular flexibility index (Phi) is 14.6. The van der Waals surface area contributed by atoms with Gasteiger partial charge in [0.15, 0.2) is 10.0 Å². The molecule has 0 amide bonds. The van der Waals surface area contributed by atoms with Crippen molar-refractivity contribution in [2.75, 3.05) is 26.6 Å². The van der Waals surface area contributed by atoms with Crippen molar-refractivity contribution >= 4 is 60.9 Å². The maximum absolute atomic E-state index is 5.56. The zero-order chi connectivity index (χ0) is 30.0. The molecule has 0 aliphatic rings. The molecule has 2 aromatic heterocycles. The molecule has 41 heavy (non-hydrogen) atoms. The minimum atomic E-state index is 0.781. The second-order valence-electron chi connectivity index (χ2n) is 7.52. The quantitative estimate of drug-likeness (QED) is 0.189. The molecule has 5 aromatic rings. The molecule has 9 nitrogen and oxygen atoms in total. The van der Waals surface area contributed by atoms with Gasteiger partial charge in [0, 0.05) is 35.9 Å². The topological polar surface area (TPSA) is 106 Å². The van der Waals surface area contributed by atoms with E-state index in [9.17, 15) is 0 Å². The molecule has 0 bridgehead atoms. The van der Waals surface area contributed by atoms with Gasteiger partial charge < -0.3 is 14.8 Å². The number of methoxy groups -OCH3 is 2. The van der Waals surface area contributed by atoms with Crippen molar-refractivity contribution in [1.82, 2.24) is 8.75 Å². The summed E-state index contributed by atoms with van der Waals surface area (Å²) in [5.41, 5.74) is 3.63. The highest BCUT2D eigenvalue weighted by Crippen LogP contribution is 2.41. The van der Waals surface area contributed by atoms with Gasteiger partial charge in [-0.3, -0.25) is 0 Å².